The van der Waals surface area contributed by atoms with E-state index >= 15 is 0 Å². The maximum atomic E-state index is 14.5. The van der Waals surface area contributed by atoms with Gasteiger partial charge in [-0.1, -0.05) is 61.3 Å². The minimum absolute atomic E-state index is 0.0252. The number of carbonyl (C=O) groups is 10. The molecule has 4 unspecified atom stereocenters. The predicted octanol–water partition coefficient (Wildman–Crippen LogP) is -2.37. The zero-order valence-corrected chi connectivity index (χ0v) is 48.2. The number of hydrogen-bond acceptors (Lipinski definition) is 13. The topological polar surface area (TPSA) is 466 Å². The molecule has 2 heterocycles. The first-order chi connectivity index (χ1) is 37.6. The summed E-state index contributed by atoms with van der Waals surface area (Å²) in [5.74, 6) is -7.58. The van der Waals surface area contributed by atoms with Crippen LogP contribution in [-0.2, 0) is 47.9 Å². The highest BCUT2D eigenvalue weighted by atomic mass is 16.2. The van der Waals surface area contributed by atoms with Crippen LogP contribution in [0, 0.1) is 23.2 Å². The minimum Gasteiger partial charge on any atom is -0.388 e. The highest BCUT2D eigenvalue weighted by Gasteiger charge is 2.44. The molecule has 0 aromatic heterocycles. The Hall–Kier alpha value is -7.29. The molecule has 2 aliphatic heterocycles. The van der Waals surface area contributed by atoms with Crippen LogP contribution in [-0.4, -0.2) is 167 Å². The van der Waals surface area contributed by atoms with Gasteiger partial charge in [-0.15, -0.1) is 0 Å². The van der Waals surface area contributed by atoms with Crippen LogP contribution in [0.4, 0.5) is 0 Å². The van der Waals surface area contributed by atoms with E-state index in [0.717, 1.165) is 0 Å². The van der Waals surface area contributed by atoms with Crippen molar-refractivity contribution >= 4 is 76.8 Å². The Bertz CT molecular complexity index is 2200. The van der Waals surface area contributed by atoms with Crippen LogP contribution in [0.15, 0.2) is 9.98 Å². The van der Waals surface area contributed by atoms with Crippen LogP contribution < -0.4 is 71.6 Å². The smallest absolute Gasteiger partial charge is 0.246 e. The van der Waals surface area contributed by atoms with Crippen molar-refractivity contribution in [2.24, 2.45) is 62.1 Å². The summed E-state index contributed by atoms with van der Waals surface area (Å²) < 4.78 is 0. The molecule has 80 heavy (non-hydrogen) atoms. The second-order valence-corrected chi connectivity index (χ2v) is 21.6. The monoisotopic (exact) mass is 1130 g/mol. The van der Waals surface area contributed by atoms with Crippen molar-refractivity contribution in [1.29, 1.82) is 5.41 Å². The molecule has 0 aliphatic carbocycles. The number of amidine groups is 1. The molecule has 0 spiro atoms. The quantitative estimate of drug-likeness (QED) is 0.0179. The third-order valence-electron chi connectivity index (χ3n) is 14.1. The van der Waals surface area contributed by atoms with E-state index in [9.17, 15) is 47.9 Å². The fraction of sp³-hybridized carbons (Fsp3) is 0.750. The molecule has 2 rings (SSSR count). The molecule has 2 fully saturated rings. The summed E-state index contributed by atoms with van der Waals surface area (Å²) in [6.07, 6.45) is 3.97. The lowest BCUT2D eigenvalue weighted by molar-refractivity contribution is -0.148. The summed E-state index contributed by atoms with van der Waals surface area (Å²) >= 11 is 0. The Kier molecular flexibility index (Phi) is 29.8. The highest BCUT2D eigenvalue weighted by Crippen LogP contribution is 2.27. The molecule has 0 bridgehead atoms. The maximum Gasteiger partial charge on any atom is 0.246 e. The van der Waals surface area contributed by atoms with Crippen LogP contribution in [0.1, 0.15) is 152 Å². The zero-order valence-electron chi connectivity index (χ0n) is 48.2. The van der Waals surface area contributed by atoms with Gasteiger partial charge in [-0.05, 0) is 95.3 Å². The molecule has 2 saturated heterocycles. The molecule has 0 aromatic carbocycles. The van der Waals surface area contributed by atoms with Crippen LogP contribution >= 0.6 is 0 Å². The van der Waals surface area contributed by atoms with Gasteiger partial charge in [-0.25, -0.2) is 0 Å². The molecule has 10 atom stereocenters. The Morgan fingerprint density at radius 3 is 1.60 bits per heavy atom. The first kappa shape index (κ1) is 68.8. The lowest BCUT2D eigenvalue weighted by Crippen LogP contribution is -2.61. The van der Waals surface area contributed by atoms with Gasteiger partial charge in [0, 0.05) is 39.0 Å². The Morgan fingerprint density at radius 2 is 1.07 bits per heavy atom. The maximum absolute atomic E-state index is 14.5. The molecular weight excluding hydrogens is 1040 g/mol. The number of nitrogens with one attached hydrogen (secondary N) is 8. The molecular formula is C52H94N18O10. The summed E-state index contributed by atoms with van der Waals surface area (Å²) in [6, 6.07) is -10.1. The lowest BCUT2D eigenvalue weighted by Gasteiger charge is -2.33. The average molecular weight is 1130 g/mol. The average Bonchev–Trinajstić information content (AvgIpc) is 4.10. The largest absolute Gasteiger partial charge is 0.388 e. The standard InChI is InChI=1S/C52H94N18O10/c1-9-30(7)41(67-39(71)10-2)48(78)64-33(18-13-23-60-51(56)57)44(74)63-32(17-11-12-22-38(53)54)45(75)68-40(29(5)6)47(77)62-31(8)43(73)65-34(19-14-24-61-52(58)59)49(79)70-26-16-21-37(70)50(80)69-25-15-20-36(69)46(76)66-35(42(55)72)27-28(3)4/h28-37,40-41H,9-27H2,1-8H3,(H3,53,54)(H2,55,72)(H,62,77)(H,63,74)(H,64,78)(H,65,73)(H,66,76)(H,67,71)(H,68,75)(H4,56,57,60)(H4,58,59,61)/t30?,31-,32-,33+,34?,35-,36?,37?,40+,41-/m0/s1. The number of hydrogen-bond donors (Lipinski definition) is 14. The third kappa shape index (κ3) is 23.2. The fourth-order valence-electron chi connectivity index (χ4n) is 9.40. The third-order valence-corrected chi connectivity index (χ3v) is 14.1. The number of aliphatic imine (C=N–C) groups is 2. The SMILES string of the molecule is CCC(=O)N[C@H](C(=O)N[C@H](CCCN=C(N)N)C(=O)N[C@@H](CCCCC(=N)N)C(=O)N[C@@H](C(=O)N[C@@H](C)C(=O)NC(CCCN=C(N)N)C(=O)N1CCCC1C(=O)N1CCCC1C(=O)N[C@@H](CC(C)C)C(N)=O)C(C)C)C(C)CC. The van der Waals surface area contributed by atoms with E-state index in [1.165, 1.54) is 16.7 Å². The first-order valence-electron chi connectivity index (χ1n) is 28.1. The number of nitrogens with zero attached hydrogens (tertiary/aromatic N) is 4. The second-order valence-electron chi connectivity index (χ2n) is 21.6. The van der Waals surface area contributed by atoms with Crippen molar-refractivity contribution < 1.29 is 47.9 Å². The zero-order chi connectivity index (χ0) is 60.4. The van der Waals surface area contributed by atoms with E-state index in [0.29, 0.717) is 44.9 Å². The first-order valence-corrected chi connectivity index (χ1v) is 28.1. The predicted molar refractivity (Wildman–Crippen MR) is 302 cm³/mol. The van der Waals surface area contributed by atoms with Gasteiger partial charge in [0.25, 0.3) is 0 Å². The van der Waals surface area contributed by atoms with Gasteiger partial charge in [0.2, 0.25) is 59.1 Å². The van der Waals surface area contributed by atoms with Crippen LogP contribution in [0.2, 0.25) is 0 Å². The molecule has 28 nitrogen and oxygen atoms in total. The molecule has 0 aromatic rings. The summed E-state index contributed by atoms with van der Waals surface area (Å²) in [7, 11) is 0. The van der Waals surface area contributed by atoms with Crippen molar-refractivity contribution in [2.75, 3.05) is 26.2 Å². The summed E-state index contributed by atoms with van der Waals surface area (Å²) in [5, 5.41) is 26.7. The van der Waals surface area contributed by atoms with Crippen LogP contribution in [0.5, 0.6) is 0 Å². The van der Waals surface area contributed by atoms with E-state index in [1.54, 1.807) is 27.7 Å². The summed E-state index contributed by atoms with van der Waals surface area (Å²) in [6.45, 7) is 14.4. The van der Waals surface area contributed by atoms with Crippen LogP contribution in [0.3, 0.4) is 0 Å². The number of primary amides is 1. The summed E-state index contributed by atoms with van der Waals surface area (Å²) in [4.78, 5) is 148. The van der Waals surface area contributed by atoms with Crippen molar-refractivity contribution in [2.45, 2.75) is 206 Å². The molecule has 0 radical (unpaired) electrons. The number of carbonyl (C=O) groups excluding carboxylic acids is 10. The van der Waals surface area contributed by atoms with E-state index in [2.05, 4.69) is 47.2 Å². The molecule has 2 aliphatic rings. The van der Waals surface area contributed by atoms with Crippen molar-refractivity contribution in [3.8, 4) is 0 Å². The number of guanidine groups is 2. The molecule has 28 heteroatoms. The van der Waals surface area contributed by atoms with Gasteiger partial charge in [-0.3, -0.25) is 63.3 Å². The van der Waals surface area contributed by atoms with E-state index in [1.807, 2.05) is 20.8 Å². The van der Waals surface area contributed by atoms with Crippen molar-refractivity contribution in [1.82, 2.24) is 47.0 Å². The lowest BCUT2D eigenvalue weighted by atomic mass is 9.97. The molecule has 20 N–H and O–H groups in total. The van der Waals surface area contributed by atoms with Gasteiger partial charge in [0.05, 0.1) is 5.84 Å². The van der Waals surface area contributed by atoms with Gasteiger partial charge < -0.3 is 81.4 Å². The van der Waals surface area contributed by atoms with Crippen molar-refractivity contribution in [3.63, 3.8) is 0 Å². The number of nitrogens with two attached hydrogens (primary N) is 6. The fourth-order valence-corrected chi connectivity index (χ4v) is 9.40. The normalized spacial score (nSPS) is 18.0. The highest BCUT2D eigenvalue weighted by molar-refractivity contribution is 5.99. The Balaban J connectivity index is 2.38. The van der Waals surface area contributed by atoms with Gasteiger partial charge >= 0.3 is 0 Å². The minimum atomic E-state index is -1.29. The number of unbranched alkanes of at least 4 members (excludes halogenated alkanes) is 1. The number of amides is 10. The van der Waals surface area contributed by atoms with Gasteiger partial charge in [0.1, 0.15) is 54.4 Å². The van der Waals surface area contributed by atoms with Gasteiger partial charge in [-0.2, -0.15) is 0 Å². The van der Waals surface area contributed by atoms with E-state index < -0.39 is 113 Å². The molecule has 452 valence electrons. The molecule has 10 amide bonds. The van der Waals surface area contributed by atoms with E-state index in [-0.39, 0.29) is 113 Å². The van der Waals surface area contributed by atoms with Crippen molar-refractivity contribution in [3.05, 3.63) is 0 Å². The van der Waals surface area contributed by atoms with Gasteiger partial charge in [0.15, 0.2) is 11.9 Å². The summed E-state index contributed by atoms with van der Waals surface area (Å²) in [5.41, 5.74) is 33.3. The van der Waals surface area contributed by atoms with E-state index in [4.69, 9.17) is 39.8 Å². The number of likely N-dealkylation sites (tertiary alicyclic amines) is 2. The second kappa shape index (κ2) is 34.7. The van der Waals surface area contributed by atoms with Crippen LogP contribution in [0.25, 0.3) is 0 Å². The Morgan fingerprint density at radius 1 is 0.562 bits per heavy atom. The number of rotatable bonds is 35. The Labute approximate surface area is 470 Å². The molecule has 0 saturated carbocycles.